The Kier molecular flexibility index (Phi) is 5.65. The van der Waals surface area contributed by atoms with Crippen molar-refractivity contribution in [3.63, 3.8) is 0 Å². The predicted octanol–water partition coefficient (Wildman–Crippen LogP) is 3.25. The molecule has 104 valence electrons. The normalized spacial score (nSPS) is 19.5. The van der Waals surface area contributed by atoms with E-state index in [2.05, 4.69) is 38.5 Å². The van der Waals surface area contributed by atoms with Gasteiger partial charge in [0, 0.05) is 21.1 Å². The molecule has 1 unspecified atom stereocenters. The van der Waals surface area contributed by atoms with E-state index in [0.717, 1.165) is 39.5 Å². The summed E-state index contributed by atoms with van der Waals surface area (Å²) >= 11 is 5.66. The molecule has 1 saturated heterocycles. The van der Waals surface area contributed by atoms with Gasteiger partial charge in [0.15, 0.2) is 0 Å². The molecule has 1 fully saturated rings. The molecule has 5 heteroatoms. The minimum absolute atomic E-state index is 0.146. The molecule has 19 heavy (non-hydrogen) atoms. The number of carbonyl (C=O) groups excluding carboxylic acids is 1. The average Bonchev–Trinajstić information content (AvgIpc) is 2.41. The summed E-state index contributed by atoms with van der Waals surface area (Å²) in [5.74, 6) is 0.708. The van der Waals surface area contributed by atoms with Crippen molar-refractivity contribution in [2.24, 2.45) is 11.7 Å². The number of amides is 1. The molecule has 1 aliphatic heterocycles. The third-order valence-corrected chi connectivity index (χ3v) is 4.97. The summed E-state index contributed by atoms with van der Waals surface area (Å²) in [6.07, 6.45) is 3.29. The van der Waals surface area contributed by atoms with E-state index in [9.17, 15) is 4.79 Å². The Labute approximate surface area is 136 Å². The fourth-order valence-electron chi connectivity index (χ4n) is 2.55. The second-order valence-electron chi connectivity index (χ2n) is 4.96. The molecule has 1 heterocycles. The van der Waals surface area contributed by atoms with Gasteiger partial charge < -0.3 is 10.6 Å². The van der Waals surface area contributed by atoms with Crippen LogP contribution >= 0.6 is 38.5 Å². The molecule has 1 aromatic rings. The van der Waals surface area contributed by atoms with E-state index in [1.54, 1.807) is 0 Å². The third kappa shape index (κ3) is 3.92. The van der Waals surface area contributed by atoms with Crippen LogP contribution in [0, 0.1) is 9.49 Å². The van der Waals surface area contributed by atoms with E-state index in [-0.39, 0.29) is 5.91 Å². The van der Waals surface area contributed by atoms with Crippen LogP contribution in [0.3, 0.4) is 0 Å². The second kappa shape index (κ2) is 7.04. The van der Waals surface area contributed by atoms with Crippen LogP contribution in [0.4, 0.5) is 0 Å². The molecule has 1 aromatic carbocycles. The van der Waals surface area contributed by atoms with Crippen molar-refractivity contribution in [3.8, 4) is 0 Å². The van der Waals surface area contributed by atoms with Gasteiger partial charge in [-0.05, 0) is 72.5 Å². The number of hydrogen-bond donors (Lipinski definition) is 1. The number of hydrogen-bond acceptors (Lipinski definition) is 2. The summed E-state index contributed by atoms with van der Waals surface area (Å²) in [7, 11) is 0. The van der Waals surface area contributed by atoms with Crippen molar-refractivity contribution in [1.82, 2.24) is 4.90 Å². The monoisotopic (exact) mass is 436 g/mol. The van der Waals surface area contributed by atoms with E-state index < -0.39 is 0 Å². The molecule has 2 rings (SSSR count). The summed E-state index contributed by atoms with van der Waals surface area (Å²) in [5, 5.41) is 0. The van der Waals surface area contributed by atoms with Crippen LogP contribution in [-0.2, 0) is 0 Å². The Morgan fingerprint density at radius 3 is 3.05 bits per heavy atom. The summed E-state index contributed by atoms with van der Waals surface area (Å²) in [4.78, 5) is 14.6. The van der Waals surface area contributed by atoms with Crippen molar-refractivity contribution in [3.05, 3.63) is 31.8 Å². The summed E-state index contributed by atoms with van der Waals surface area (Å²) in [5.41, 5.74) is 6.42. The van der Waals surface area contributed by atoms with Crippen molar-refractivity contribution in [1.29, 1.82) is 0 Å². The van der Waals surface area contributed by atoms with Crippen LogP contribution in [-0.4, -0.2) is 30.4 Å². The molecule has 1 aliphatic rings. The highest BCUT2D eigenvalue weighted by atomic mass is 127. The zero-order valence-electron chi connectivity index (χ0n) is 10.7. The maximum Gasteiger partial charge on any atom is 0.254 e. The number of nitrogens with zero attached hydrogens (tertiary/aromatic N) is 1. The first-order chi connectivity index (χ1) is 9.11. The first-order valence-electron chi connectivity index (χ1n) is 6.56. The zero-order chi connectivity index (χ0) is 13.8. The number of rotatable bonds is 3. The van der Waals surface area contributed by atoms with Crippen LogP contribution in [0.2, 0.25) is 0 Å². The molecule has 0 bridgehead atoms. The number of likely N-dealkylation sites (tertiary alicyclic amines) is 1. The molecule has 1 atom stereocenters. The molecule has 0 aromatic heterocycles. The van der Waals surface area contributed by atoms with Crippen LogP contribution in [0.5, 0.6) is 0 Å². The Bertz CT molecular complexity index is 465. The topological polar surface area (TPSA) is 46.3 Å². The third-order valence-electron chi connectivity index (χ3n) is 3.54. The van der Waals surface area contributed by atoms with Crippen molar-refractivity contribution >= 4 is 44.4 Å². The first-order valence-corrected chi connectivity index (χ1v) is 8.43. The molecular formula is C14H18BrIN2O. The summed E-state index contributed by atoms with van der Waals surface area (Å²) in [6, 6.07) is 5.85. The molecule has 0 radical (unpaired) electrons. The zero-order valence-corrected chi connectivity index (χ0v) is 14.5. The van der Waals surface area contributed by atoms with E-state index in [0.29, 0.717) is 12.5 Å². The van der Waals surface area contributed by atoms with Gasteiger partial charge in [-0.2, -0.15) is 0 Å². The first kappa shape index (κ1) is 15.3. The Hall–Kier alpha value is -0.140. The lowest BCUT2D eigenvalue weighted by molar-refractivity contribution is 0.0668. The highest BCUT2D eigenvalue weighted by molar-refractivity contribution is 14.1. The van der Waals surface area contributed by atoms with E-state index >= 15 is 0 Å². The van der Waals surface area contributed by atoms with Gasteiger partial charge in [-0.25, -0.2) is 0 Å². The SMILES string of the molecule is NCCC1CCCN(C(=O)c2cc(Br)ccc2I)C1. The molecule has 0 aliphatic carbocycles. The minimum Gasteiger partial charge on any atom is -0.338 e. The van der Waals surface area contributed by atoms with Crippen molar-refractivity contribution < 1.29 is 4.79 Å². The lowest BCUT2D eigenvalue weighted by Gasteiger charge is -2.33. The maximum absolute atomic E-state index is 12.6. The number of benzene rings is 1. The number of nitrogens with two attached hydrogens (primary N) is 1. The van der Waals surface area contributed by atoms with Gasteiger partial charge in [-0.1, -0.05) is 15.9 Å². The summed E-state index contributed by atoms with van der Waals surface area (Å²) < 4.78 is 1.96. The molecule has 0 saturated carbocycles. The van der Waals surface area contributed by atoms with Gasteiger partial charge in [0.25, 0.3) is 5.91 Å². The Morgan fingerprint density at radius 1 is 1.53 bits per heavy atom. The fraction of sp³-hybridized carbons (Fsp3) is 0.500. The van der Waals surface area contributed by atoms with E-state index in [1.165, 1.54) is 6.42 Å². The largest absolute Gasteiger partial charge is 0.338 e. The van der Waals surface area contributed by atoms with Gasteiger partial charge in [0.2, 0.25) is 0 Å². The van der Waals surface area contributed by atoms with Gasteiger partial charge in [0.1, 0.15) is 0 Å². The van der Waals surface area contributed by atoms with Crippen molar-refractivity contribution in [2.75, 3.05) is 19.6 Å². The molecule has 1 amide bonds. The van der Waals surface area contributed by atoms with E-state index in [1.807, 2.05) is 23.1 Å². The Balaban J connectivity index is 2.12. The Morgan fingerprint density at radius 2 is 2.32 bits per heavy atom. The molecular weight excluding hydrogens is 419 g/mol. The highest BCUT2D eigenvalue weighted by Gasteiger charge is 2.25. The molecule has 3 nitrogen and oxygen atoms in total. The highest BCUT2D eigenvalue weighted by Crippen LogP contribution is 2.24. The van der Waals surface area contributed by atoms with Crippen molar-refractivity contribution in [2.45, 2.75) is 19.3 Å². The lowest BCUT2D eigenvalue weighted by Crippen LogP contribution is -2.40. The van der Waals surface area contributed by atoms with Crippen LogP contribution in [0.15, 0.2) is 22.7 Å². The lowest BCUT2D eigenvalue weighted by atomic mass is 9.94. The van der Waals surface area contributed by atoms with Crippen LogP contribution in [0.25, 0.3) is 0 Å². The number of carbonyl (C=O) groups is 1. The minimum atomic E-state index is 0.146. The average molecular weight is 437 g/mol. The second-order valence-corrected chi connectivity index (χ2v) is 7.04. The summed E-state index contributed by atoms with van der Waals surface area (Å²) in [6.45, 7) is 2.42. The molecule has 2 N–H and O–H groups in total. The quantitative estimate of drug-likeness (QED) is 0.739. The predicted molar refractivity (Wildman–Crippen MR) is 89.2 cm³/mol. The number of piperidine rings is 1. The standard InChI is InChI=1S/C14H18BrIN2O/c15-11-3-4-13(16)12(8-11)14(19)18-7-1-2-10(9-18)5-6-17/h3-4,8,10H,1-2,5-7,9,17H2. The maximum atomic E-state index is 12.6. The van der Waals surface area contributed by atoms with Crippen LogP contribution < -0.4 is 5.73 Å². The molecule has 0 spiro atoms. The fourth-order valence-corrected chi connectivity index (χ4v) is 3.48. The smallest absolute Gasteiger partial charge is 0.254 e. The number of halogens is 2. The van der Waals surface area contributed by atoms with E-state index in [4.69, 9.17) is 5.73 Å². The van der Waals surface area contributed by atoms with Gasteiger partial charge in [-0.3, -0.25) is 4.79 Å². The van der Waals surface area contributed by atoms with Gasteiger partial charge >= 0.3 is 0 Å². The van der Waals surface area contributed by atoms with Gasteiger partial charge in [-0.15, -0.1) is 0 Å². The van der Waals surface area contributed by atoms with Gasteiger partial charge in [0.05, 0.1) is 5.56 Å². The van der Waals surface area contributed by atoms with Crippen LogP contribution in [0.1, 0.15) is 29.6 Å².